The van der Waals surface area contributed by atoms with Gasteiger partial charge < -0.3 is 9.47 Å². The quantitative estimate of drug-likeness (QED) is 0.571. The summed E-state index contributed by atoms with van der Waals surface area (Å²) in [6, 6.07) is 0. The summed E-state index contributed by atoms with van der Waals surface area (Å²) < 4.78 is 10.4. The summed E-state index contributed by atoms with van der Waals surface area (Å²) in [4.78, 5) is 17.0. The number of esters is 1. The molecule has 2 N–H and O–H groups in total. The van der Waals surface area contributed by atoms with E-state index in [-0.39, 0.29) is 12.5 Å². The zero-order valence-electron chi connectivity index (χ0n) is 11.7. The van der Waals surface area contributed by atoms with Crippen molar-refractivity contribution < 1.29 is 19.1 Å². The fraction of sp³-hybridized carbons (Fsp3) is 0.917. The van der Waals surface area contributed by atoms with Crippen molar-refractivity contribution in [1.82, 2.24) is 0 Å². The molecule has 0 saturated heterocycles. The molecular weight excluding hydrogens is 222 g/mol. The van der Waals surface area contributed by atoms with Crippen LogP contribution in [0, 0.1) is 5.92 Å². The molecule has 0 fully saturated rings. The summed E-state index contributed by atoms with van der Waals surface area (Å²) in [7, 11) is 1.50. The Bertz CT molecular complexity index is 247. The Kier molecular flexibility index (Phi) is 6.09. The van der Waals surface area contributed by atoms with Gasteiger partial charge in [0.1, 0.15) is 5.60 Å². The lowest BCUT2D eigenvalue weighted by Crippen LogP contribution is -2.51. The van der Waals surface area contributed by atoms with Crippen molar-refractivity contribution in [3.8, 4) is 0 Å². The first-order chi connectivity index (χ1) is 7.67. The van der Waals surface area contributed by atoms with Crippen LogP contribution in [0.1, 0.15) is 41.0 Å². The molecular formula is C12H25NO4. The molecule has 0 rings (SSSR count). The molecule has 5 heteroatoms. The van der Waals surface area contributed by atoms with Crippen molar-refractivity contribution in [1.29, 1.82) is 0 Å². The predicted molar refractivity (Wildman–Crippen MR) is 65.2 cm³/mol. The van der Waals surface area contributed by atoms with E-state index in [9.17, 15) is 4.79 Å². The van der Waals surface area contributed by atoms with E-state index in [0.717, 1.165) is 0 Å². The van der Waals surface area contributed by atoms with Crippen LogP contribution in [-0.4, -0.2) is 30.9 Å². The standard InChI is InChI=1S/C12H25NO4/c1-9(2)7-12(17-13,8-15-6)10(14)16-11(3,4)5/h9H,7-8,13H2,1-6H3/t12-/m0/s1. The number of carbonyl (C=O) groups is 1. The number of nitrogens with two attached hydrogens (primary N) is 1. The van der Waals surface area contributed by atoms with E-state index in [1.807, 2.05) is 13.8 Å². The van der Waals surface area contributed by atoms with E-state index < -0.39 is 17.2 Å². The smallest absolute Gasteiger partial charge is 0.343 e. The van der Waals surface area contributed by atoms with Gasteiger partial charge >= 0.3 is 5.97 Å². The zero-order valence-corrected chi connectivity index (χ0v) is 11.7. The molecule has 0 aromatic heterocycles. The van der Waals surface area contributed by atoms with Gasteiger partial charge in [-0.3, -0.25) is 4.84 Å². The Morgan fingerprint density at radius 3 is 2.12 bits per heavy atom. The Morgan fingerprint density at radius 2 is 1.82 bits per heavy atom. The molecule has 0 amide bonds. The molecule has 5 nitrogen and oxygen atoms in total. The lowest BCUT2D eigenvalue weighted by Gasteiger charge is -2.33. The highest BCUT2D eigenvalue weighted by atomic mass is 16.7. The maximum atomic E-state index is 12.1. The van der Waals surface area contributed by atoms with Crippen LogP contribution in [0.2, 0.25) is 0 Å². The number of carbonyl (C=O) groups excluding carboxylic acids is 1. The first kappa shape index (κ1) is 16.4. The van der Waals surface area contributed by atoms with Crippen molar-refractivity contribution in [3.63, 3.8) is 0 Å². The molecule has 0 aromatic rings. The van der Waals surface area contributed by atoms with Crippen molar-refractivity contribution in [2.45, 2.75) is 52.2 Å². The highest BCUT2D eigenvalue weighted by Gasteiger charge is 2.43. The zero-order chi connectivity index (χ0) is 13.7. The second kappa shape index (κ2) is 6.33. The van der Waals surface area contributed by atoms with Gasteiger partial charge in [0.05, 0.1) is 6.61 Å². The summed E-state index contributed by atoms with van der Waals surface area (Å²) >= 11 is 0. The molecule has 0 unspecified atom stereocenters. The average Bonchev–Trinajstić information content (AvgIpc) is 2.13. The Labute approximate surface area is 104 Å². The Hall–Kier alpha value is -0.650. The van der Waals surface area contributed by atoms with Crippen LogP contribution in [0.15, 0.2) is 0 Å². The first-order valence-corrected chi connectivity index (χ1v) is 5.77. The number of hydrogen-bond donors (Lipinski definition) is 1. The number of rotatable bonds is 6. The SMILES string of the molecule is COC[C@](CC(C)C)(ON)C(=O)OC(C)(C)C. The highest BCUT2D eigenvalue weighted by Crippen LogP contribution is 2.24. The van der Waals surface area contributed by atoms with Gasteiger partial charge in [-0.1, -0.05) is 13.8 Å². The van der Waals surface area contributed by atoms with Crippen molar-refractivity contribution in [3.05, 3.63) is 0 Å². The maximum Gasteiger partial charge on any atom is 0.343 e. The van der Waals surface area contributed by atoms with E-state index in [1.54, 1.807) is 20.8 Å². The normalized spacial score (nSPS) is 15.8. The Balaban J connectivity index is 4.94. The van der Waals surface area contributed by atoms with Gasteiger partial charge in [0, 0.05) is 7.11 Å². The molecule has 17 heavy (non-hydrogen) atoms. The largest absolute Gasteiger partial charge is 0.458 e. The average molecular weight is 247 g/mol. The monoisotopic (exact) mass is 247 g/mol. The second-order valence-corrected chi connectivity index (χ2v) is 5.65. The van der Waals surface area contributed by atoms with Gasteiger partial charge in [-0.15, -0.1) is 0 Å². The lowest BCUT2D eigenvalue weighted by atomic mass is 9.92. The van der Waals surface area contributed by atoms with Crippen molar-refractivity contribution in [2.24, 2.45) is 11.8 Å². The van der Waals surface area contributed by atoms with E-state index in [2.05, 4.69) is 0 Å². The number of methoxy groups -OCH3 is 1. The molecule has 0 aliphatic carbocycles. The van der Waals surface area contributed by atoms with Crippen molar-refractivity contribution >= 4 is 5.97 Å². The van der Waals surface area contributed by atoms with Crippen LogP contribution < -0.4 is 5.90 Å². The topological polar surface area (TPSA) is 70.8 Å². The summed E-state index contributed by atoms with van der Waals surface area (Å²) in [5.74, 6) is 5.04. The van der Waals surface area contributed by atoms with E-state index in [0.29, 0.717) is 6.42 Å². The highest BCUT2D eigenvalue weighted by molar-refractivity contribution is 5.80. The number of hydrogen-bond acceptors (Lipinski definition) is 5. The van der Waals surface area contributed by atoms with E-state index >= 15 is 0 Å². The summed E-state index contributed by atoms with van der Waals surface area (Å²) in [5.41, 5.74) is -1.80. The fourth-order valence-electron chi connectivity index (χ4n) is 1.60. The molecule has 0 spiro atoms. The first-order valence-electron chi connectivity index (χ1n) is 5.77. The molecule has 0 radical (unpaired) electrons. The third-order valence-corrected chi connectivity index (χ3v) is 2.11. The van der Waals surface area contributed by atoms with Crippen molar-refractivity contribution in [2.75, 3.05) is 13.7 Å². The molecule has 102 valence electrons. The molecule has 1 atom stereocenters. The van der Waals surface area contributed by atoms with Crippen LogP contribution in [0.3, 0.4) is 0 Å². The lowest BCUT2D eigenvalue weighted by molar-refractivity contribution is -0.194. The minimum atomic E-state index is -1.23. The van der Waals surface area contributed by atoms with Crippen LogP contribution in [0.5, 0.6) is 0 Å². The molecule has 0 heterocycles. The van der Waals surface area contributed by atoms with Gasteiger partial charge in [0.2, 0.25) is 5.60 Å². The molecule has 0 saturated carbocycles. The predicted octanol–water partition coefficient (Wildman–Crippen LogP) is 1.65. The van der Waals surface area contributed by atoms with Crippen LogP contribution in [-0.2, 0) is 19.1 Å². The summed E-state index contributed by atoms with van der Waals surface area (Å²) in [5, 5.41) is 0. The van der Waals surface area contributed by atoms with E-state index in [4.69, 9.17) is 20.2 Å². The van der Waals surface area contributed by atoms with Gasteiger partial charge in [0.15, 0.2) is 0 Å². The molecule has 0 aliphatic heterocycles. The fourth-order valence-corrected chi connectivity index (χ4v) is 1.60. The Morgan fingerprint density at radius 1 is 1.29 bits per heavy atom. The van der Waals surface area contributed by atoms with Gasteiger partial charge in [-0.05, 0) is 33.1 Å². The summed E-state index contributed by atoms with van der Waals surface area (Å²) in [6.07, 6.45) is 0.451. The van der Waals surface area contributed by atoms with Crippen LogP contribution in [0.4, 0.5) is 0 Å². The minimum Gasteiger partial charge on any atom is -0.458 e. The van der Waals surface area contributed by atoms with Gasteiger partial charge in [-0.25, -0.2) is 10.7 Å². The molecule has 0 aliphatic rings. The van der Waals surface area contributed by atoms with Gasteiger partial charge in [-0.2, -0.15) is 0 Å². The van der Waals surface area contributed by atoms with E-state index in [1.165, 1.54) is 7.11 Å². The third-order valence-electron chi connectivity index (χ3n) is 2.11. The maximum absolute atomic E-state index is 12.1. The van der Waals surface area contributed by atoms with Crippen LogP contribution >= 0.6 is 0 Å². The molecule has 0 bridgehead atoms. The van der Waals surface area contributed by atoms with Crippen LogP contribution in [0.25, 0.3) is 0 Å². The third kappa shape index (κ3) is 5.48. The minimum absolute atomic E-state index is 0.0800. The number of ether oxygens (including phenoxy) is 2. The second-order valence-electron chi connectivity index (χ2n) is 5.65. The van der Waals surface area contributed by atoms with Gasteiger partial charge in [0.25, 0.3) is 0 Å². The molecule has 0 aromatic carbocycles. The summed E-state index contributed by atoms with van der Waals surface area (Å²) in [6.45, 7) is 9.44.